The maximum absolute atomic E-state index is 11.9. The number of hydrogen-bond acceptors (Lipinski definition) is 5. The Labute approximate surface area is 133 Å². The van der Waals surface area contributed by atoms with Gasteiger partial charge in [-0.25, -0.2) is 14.4 Å². The molecule has 1 aromatic carbocycles. The van der Waals surface area contributed by atoms with Crippen LogP contribution in [-0.4, -0.2) is 38.2 Å². The summed E-state index contributed by atoms with van der Waals surface area (Å²) >= 11 is 0. The van der Waals surface area contributed by atoms with Gasteiger partial charge in [0.05, 0.1) is 11.6 Å². The minimum atomic E-state index is -1.59. The lowest BCUT2D eigenvalue weighted by Gasteiger charge is -2.11. The van der Waals surface area contributed by atoms with Crippen molar-refractivity contribution in [2.75, 3.05) is 0 Å². The van der Waals surface area contributed by atoms with Gasteiger partial charge in [0, 0.05) is 17.0 Å². The Morgan fingerprint density at radius 3 is 2.38 bits per heavy atom. The number of aryl methyl sites for hydroxylation is 1. The molecule has 2 rings (SSSR count). The maximum atomic E-state index is 11.9. The summed E-state index contributed by atoms with van der Waals surface area (Å²) in [6.07, 6.45) is 0.377. The summed E-state index contributed by atoms with van der Waals surface area (Å²) in [5.74, 6) is -5.30. The van der Waals surface area contributed by atoms with Crippen LogP contribution < -0.4 is 10.2 Å². The highest BCUT2D eigenvalue weighted by Gasteiger charge is 2.17. The molecule has 1 aromatic heterocycles. The van der Waals surface area contributed by atoms with Crippen LogP contribution in [0.1, 0.15) is 16.1 Å². The van der Waals surface area contributed by atoms with Crippen molar-refractivity contribution in [3.8, 4) is 5.75 Å². The average molecular weight is 333 g/mol. The third-order valence-electron chi connectivity index (χ3n) is 3.13. The largest absolute Gasteiger partial charge is 0.478 e. The smallest absolute Gasteiger partial charge is 0.372 e. The van der Waals surface area contributed by atoms with Gasteiger partial charge in [-0.1, -0.05) is 0 Å². The minimum absolute atomic E-state index is 0.0319. The first kappa shape index (κ1) is 16.7. The number of rotatable bonds is 5. The standard InChI is InChI=1S/C15H11NO8/c1-6-10(24-11(15(22)23)5-12(18)19)3-2-7-9(17)4-8(14(20)21)16-13(6)7/h2-5H,1H3,(H,16,17)(H,18,19)(H,20,21)(H,22,23). The third-order valence-corrected chi connectivity index (χ3v) is 3.13. The highest BCUT2D eigenvalue weighted by atomic mass is 16.5. The number of fused-ring (bicyclic) bond motifs is 1. The molecule has 0 saturated heterocycles. The zero-order chi connectivity index (χ0) is 18.0. The van der Waals surface area contributed by atoms with Crippen molar-refractivity contribution in [1.29, 1.82) is 0 Å². The Morgan fingerprint density at radius 1 is 1.17 bits per heavy atom. The van der Waals surface area contributed by atoms with E-state index in [9.17, 15) is 19.2 Å². The van der Waals surface area contributed by atoms with Crippen LogP contribution in [0.15, 0.2) is 34.8 Å². The van der Waals surface area contributed by atoms with Crippen molar-refractivity contribution in [1.82, 2.24) is 4.98 Å². The number of ether oxygens (including phenoxy) is 1. The fourth-order valence-electron chi connectivity index (χ4n) is 2.03. The third kappa shape index (κ3) is 3.24. The second-order valence-electron chi connectivity index (χ2n) is 4.72. The molecule has 124 valence electrons. The van der Waals surface area contributed by atoms with Gasteiger partial charge in [0.2, 0.25) is 5.76 Å². The van der Waals surface area contributed by atoms with E-state index in [-0.39, 0.29) is 27.9 Å². The predicted octanol–water partition coefficient (Wildman–Crippen LogP) is 0.967. The Morgan fingerprint density at radius 2 is 1.83 bits per heavy atom. The van der Waals surface area contributed by atoms with Crippen LogP contribution in [0, 0.1) is 6.92 Å². The summed E-state index contributed by atoms with van der Waals surface area (Å²) in [7, 11) is 0. The molecule has 1 heterocycles. The van der Waals surface area contributed by atoms with Gasteiger partial charge >= 0.3 is 17.9 Å². The summed E-state index contributed by atoms with van der Waals surface area (Å²) < 4.78 is 5.08. The van der Waals surface area contributed by atoms with Crippen LogP contribution in [0.4, 0.5) is 0 Å². The Kier molecular flexibility index (Phi) is 4.36. The van der Waals surface area contributed by atoms with Gasteiger partial charge in [0.1, 0.15) is 11.4 Å². The second-order valence-corrected chi connectivity index (χ2v) is 4.72. The van der Waals surface area contributed by atoms with Gasteiger partial charge in [0.15, 0.2) is 5.43 Å². The number of hydrogen-bond donors (Lipinski definition) is 4. The molecule has 0 atom stereocenters. The lowest BCUT2D eigenvalue weighted by Crippen LogP contribution is -2.13. The molecule has 4 N–H and O–H groups in total. The van der Waals surface area contributed by atoms with Crippen molar-refractivity contribution >= 4 is 28.8 Å². The number of aromatic amines is 1. The van der Waals surface area contributed by atoms with E-state index in [2.05, 4.69) is 4.98 Å². The molecule has 0 amide bonds. The fourth-order valence-corrected chi connectivity index (χ4v) is 2.03. The van der Waals surface area contributed by atoms with Gasteiger partial charge in [-0.05, 0) is 19.1 Å². The van der Waals surface area contributed by atoms with E-state index in [0.29, 0.717) is 6.08 Å². The number of benzene rings is 1. The molecule has 0 unspecified atom stereocenters. The number of aromatic nitrogens is 1. The molecule has 9 heteroatoms. The summed E-state index contributed by atoms with van der Waals surface area (Å²) in [5.41, 5.74) is -0.467. The van der Waals surface area contributed by atoms with Crippen LogP contribution in [0.5, 0.6) is 5.75 Å². The molecule has 0 bridgehead atoms. The molecule has 24 heavy (non-hydrogen) atoms. The summed E-state index contributed by atoms with van der Waals surface area (Å²) in [4.78, 5) is 47.2. The molecule has 9 nitrogen and oxygen atoms in total. The van der Waals surface area contributed by atoms with Crippen LogP contribution in [-0.2, 0) is 9.59 Å². The predicted molar refractivity (Wildman–Crippen MR) is 80.2 cm³/mol. The van der Waals surface area contributed by atoms with Crippen molar-refractivity contribution in [2.24, 2.45) is 0 Å². The van der Waals surface area contributed by atoms with E-state index in [0.717, 1.165) is 6.07 Å². The van der Waals surface area contributed by atoms with Crippen LogP contribution >= 0.6 is 0 Å². The van der Waals surface area contributed by atoms with E-state index in [1.54, 1.807) is 0 Å². The lowest BCUT2D eigenvalue weighted by molar-refractivity contribution is -0.137. The molecular formula is C15H11NO8. The first-order valence-electron chi connectivity index (χ1n) is 6.46. The molecule has 0 aliphatic heterocycles. The molecule has 0 saturated carbocycles. The molecule has 0 radical (unpaired) electrons. The van der Waals surface area contributed by atoms with Crippen molar-refractivity contribution in [3.05, 3.63) is 51.5 Å². The first-order chi connectivity index (χ1) is 11.2. The highest BCUT2D eigenvalue weighted by Crippen LogP contribution is 2.26. The number of carbonyl (C=O) groups is 3. The molecule has 0 aliphatic rings. The maximum Gasteiger partial charge on any atom is 0.372 e. The number of H-pyrrole nitrogens is 1. The Hall–Kier alpha value is -3.62. The van der Waals surface area contributed by atoms with Crippen LogP contribution in [0.25, 0.3) is 10.9 Å². The Bertz CT molecular complexity index is 954. The molecule has 2 aromatic rings. The number of aromatic carboxylic acids is 1. The first-order valence-corrected chi connectivity index (χ1v) is 6.46. The van der Waals surface area contributed by atoms with Crippen LogP contribution in [0.2, 0.25) is 0 Å². The van der Waals surface area contributed by atoms with Gasteiger partial charge < -0.3 is 25.0 Å². The van der Waals surface area contributed by atoms with E-state index < -0.39 is 29.1 Å². The topological polar surface area (TPSA) is 154 Å². The number of carboxylic acid groups (broad SMARTS) is 3. The highest BCUT2D eigenvalue weighted by molar-refractivity contribution is 5.94. The average Bonchev–Trinajstić information content (AvgIpc) is 2.48. The van der Waals surface area contributed by atoms with Gasteiger partial charge in [-0.15, -0.1) is 0 Å². The van der Waals surface area contributed by atoms with Gasteiger partial charge in [-0.3, -0.25) is 4.79 Å². The number of nitrogens with one attached hydrogen (secondary N) is 1. The minimum Gasteiger partial charge on any atom is -0.478 e. The fraction of sp³-hybridized carbons (Fsp3) is 0.0667. The summed E-state index contributed by atoms with van der Waals surface area (Å²) in [6.45, 7) is 1.47. The van der Waals surface area contributed by atoms with Crippen molar-refractivity contribution in [3.63, 3.8) is 0 Å². The SMILES string of the molecule is Cc1c(OC(=CC(=O)O)C(=O)O)ccc2c(=O)cc(C(=O)O)[nH]c12. The van der Waals surface area contributed by atoms with Crippen LogP contribution in [0.3, 0.4) is 0 Å². The number of carboxylic acids is 3. The lowest BCUT2D eigenvalue weighted by atomic mass is 10.1. The molecule has 0 aliphatic carbocycles. The zero-order valence-electron chi connectivity index (χ0n) is 12.2. The number of pyridine rings is 1. The molecular weight excluding hydrogens is 322 g/mol. The van der Waals surface area contributed by atoms with Gasteiger partial charge in [-0.2, -0.15) is 0 Å². The van der Waals surface area contributed by atoms with Gasteiger partial charge in [0.25, 0.3) is 0 Å². The second kappa shape index (κ2) is 6.24. The summed E-state index contributed by atoms with van der Waals surface area (Å²) in [5, 5.41) is 26.8. The monoisotopic (exact) mass is 333 g/mol. The van der Waals surface area contributed by atoms with E-state index >= 15 is 0 Å². The van der Waals surface area contributed by atoms with E-state index in [1.807, 2.05) is 0 Å². The normalized spacial score (nSPS) is 11.3. The van der Waals surface area contributed by atoms with E-state index in [4.69, 9.17) is 20.1 Å². The Balaban J connectivity index is 2.63. The zero-order valence-corrected chi connectivity index (χ0v) is 12.2. The summed E-state index contributed by atoms with van der Waals surface area (Å²) in [6, 6.07) is 3.55. The molecule has 0 spiro atoms. The van der Waals surface area contributed by atoms with Crippen molar-refractivity contribution in [2.45, 2.75) is 6.92 Å². The van der Waals surface area contributed by atoms with Crippen molar-refractivity contribution < 1.29 is 34.4 Å². The van der Waals surface area contributed by atoms with E-state index in [1.165, 1.54) is 19.1 Å². The quantitative estimate of drug-likeness (QED) is 0.466. The molecule has 0 fully saturated rings. The number of aliphatic carboxylic acids is 2.